The molecule has 0 saturated carbocycles. The van der Waals surface area contributed by atoms with Crippen LogP contribution in [0.4, 0.5) is 0 Å². The number of rotatable bonds is 7. The Morgan fingerprint density at radius 3 is 0.981 bits per heavy atom. The van der Waals surface area contributed by atoms with E-state index in [1.54, 1.807) is 0 Å². The van der Waals surface area contributed by atoms with Crippen molar-refractivity contribution >= 4 is 23.6 Å². The van der Waals surface area contributed by atoms with E-state index in [4.69, 9.17) is 0 Å². The van der Waals surface area contributed by atoms with Gasteiger partial charge in [-0.05, 0) is 69.7 Å². The van der Waals surface area contributed by atoms with Crippen LogP contribution in [0.3, 0.4) is 0 Å². The Labute approximate surface area is 352 Å². The molecule has 0 saturated heterocycles. The molecule has 0 fully saturated rings. The summed E-state index contributed by atoms with van der Waals surface area (Å²) in [6.07, 6.45) is 4.29. The first kappa shape index (κ1) is 44.0. The number of allylic oxidation sites excluding steroid dienone is 4. The predicted molar refractivity (Wildman–Crippen MR) is 214 cm³/mol. The maximum atomic E-state index is 4.29. The Morgan fingerprint density at radius 2 is 0.717 bits per heavy atom. The number of benzene rings is 6. The quantitative estimate of drug-likeness (QED) is 0.132. The normalized spacial score (nSPS) is 15.0. The molecule has 1 atom stereocenters. The number of hydrogen-bond donors (Lipinski definition) is 0. The van der Waals surface area contributed by atoms with Crippen LogP contribution in [0.1, 0.15) is 44.4 Å². The van der Waals surface area contributed by atoms with E-state index in [-0.39, 0.29) is 58.9 Å². The Balaban J connectivity index is 0.00000189. The van der Waals surface area contributed by atoms with Crippen molar-refractivity contribution < 1.29 is 58.9 Å². The van der Waals surface area contributed by atoms with Gasteiger partial charge in [0.15, 0.2) is 0 Å². The van der Waals surface area contributed by atoms with Gasteiger partial charge in [0.05, 0.1) is 0 Å². The first-order valence-electron chi connectivity index (χ1n) is 17.5. The number of hydrogen-bond acceptors (Lipinski definition) is 0. The maximum absolute atomic E-state index is 4.29. The van der Waals surface area contributed by atoms with Crippen LogP contribution in [-0.4, -0.2) is 8.07 Å². The Kier molecular flexibility index (Phi) is 14.8. The van der Waals surface area contributed by atoms with Gasteiger partial charge in [-0.1, -0.05) is 188 Å². The average Bonchev–Trinajstić information content (AvgIpc) is 3.33. The van der Waals surface area contributed by atoms with Gasteiger partial charge in [-0.25, -0.2) is 5.57 Å². The first-order chi connectivity index (χ1) is 23.7. The van der Waals surface area contributed by atoms with E-state index in [0.717, 1.165) is 0 Å². The molecule has 0 nitrogen and oxygen atoms in total. The summed E-state index contributed by atoms with van der Waals surface area (Å²) in [5.41, 5.74) is 15.7. The molecule has 0 N–H and O–H groups in total. The van der Waals surface area contributed by atoms with Crippen LogP contribution < -0.4 is 52.8 Å². The van der Waals surface area contributed by atoms with Crippen LogP contribution >= 0.6 is 0 Å². The second kappa shape index (κ2) is 17.8. The first-order valence-corrected chi connectivity index (χ1v) is 19.5. The third kappa shape index (κ3) is 7.26. The molecule has 266 valence electrons. The summed E-state index contributed by atoms with van der Waals surface area (Å²) >= 11 is 0. The van der Waals surface area contributed by atoms with Gasteiger partial charge >= 0.3 is 21.7 Å². The van der Waals surface area contributed by atoms with Gasteiger partial charge in [0.1, 0.15) is 8.07 Å². The molecule has 1 aliphatic rings. The van der Waals surface area contributed by atoms with E-state index in [2.05, 4.69) is 200 Å². The molecule has 5 heteroatoms. The molecule has 1 unspecified atom stereocenters. The molecule has 0 spiro atoms. The molecule has 0 aliphatic heterocycles. The Bertz CT molecular complexity index is 2030. The van der Waals surface area contributed by atoms with Gasteiger partial charge in [0, 0.05) is 0 Å². The molecule has 53 heavy (non-hydrogen) atoms. The third-order valence-corrected chi connectivity index (χ3v) is 17.5. The zero-order valence-electron chi connectivity index (χ0n) is 31.5. The fourth-order valence-electron chi connectivity index (χ4n) is 8.79. The molecule has 0 bridgehead atoms. The van der Waals surface area contributed by atoms with Gasteiger partial charge < -0.3 is 37.2 Å². The minimum absolute atomic E-state index is 0. The van der Waals surface area contributed by atoms with Gasteiger partial charge in [-0.3, -0.25) is 6.08 Å². The Hall–Kier alpha value is -3.40. The van der Waals surface area contributed by atoms with Crippen LogP contribution in [0, 0.1) is 26.8 Å². The molecule has 6 aromatic rings. The second-order valence-electron chi connectivity index (χ2n) is 14.0. The zero-order chi connectivity index (χ0) is 34.3. The summed E-state index contributed by atoms with van der Waals surface area (Å²) in [6.45, 7) is 16.6. The SMILES string of the molecule is CC1=[C-]C(C)([Si](c2c(C)cccc2-c2ccccc2)(c2c(C)cccc2-c2ccccc2)c2c(C)cccc2-c2ccccc2)C(C)=C1C.[Cl-].[Cl-].[Cl-].[Ti+4]. The smallest absolute Gasteiger partial charge is 1.00 e. The molecule has 6 aromatic carbocycles. The fourth-order valence-corrected chi connectivity index (χ4v) is 16.1. The molecule has 0 amide bonds. The number of halogens is 3. The van der Waals surface area contributed by atoms with Crippen molar-refractivity contribution in [3.05, 3.63) is 185 Å². The van der Waals surface area contributed by atoms with Crippen molar-refractivity contribution in [2.24, 2.45) is 0 Å². The summed E-state index contributed by atoms with van der Waals surface area (Å²) in [5.74, 6) is 0. The predicted octanol–water partition coefficient (Wildman–Crippen LogP) is 1.95. The van der Waals surface area contributed by atoms with E-state index >= 15 is 0 Å². The molecule has 0 aromatic heterocycles. The van der Waals surface area contributed by atoms with Crippen LogP contribution in [-0.2, 0) is 21.7 Å². The van der Waals surface area contributed by atoms with Crippen molar-refractivity contribution in [2.45, 2.75) is 53.5 Å². The number of aryl methyl sites for hydroxylation is 3. The third-order valence-electron chi connectivity index (χ3n) is 11.3. The van der Waals surface area contributed by atoms with Crippen LogP contribution in [0.25, 0.3) is 33.4 Å². The molecule has 7 rings (SSSR count). The molecular weight excluding hydrogens is 759 g/mol. The zero-order valence-corrected chi connectivity index (χ0v) is 36.3. The minimum atomic E-state index is -3.27. The van der Waals surface area contributed by atoms with Crippen molar-refractivity contribution in [1.29, 1.82) is 0 Å². The van der Waals surface area contributed by atoms with E-state index in [1.165, 1.54) is 82.4 Å². The summed E-state index contributed by atoms with van der Waals surface area (Å²) < 4.78 is 0. The standard InChI is InChI=1S/C48H45Si.3ClH.Ti/c1-33-20-17-29-42(39-23-11-8-12-24-39)45(33)49(48(7)32-36(4)37(5)38(48)6,46-34(2)21-18-30-43(46)40-25-13-9-14-26-40)47-35(3)22-19-31-44(47)41-27-15-10-16-28-41;;;;/h8-31H,1-7H3;3*1H;/q-1;;;;+4/p-3. The Morgan fingerprint density at radius 1 is 0.415 bits per heavy atom. The van der Waals surface area contributed by atoms with Gasteiger partial charge in [-0.2, -0.15) is 11.1 Å². The van der Waals surface area contributed by atoms with E-state index in [1.807, 2.05) is 0 Å². The molecule has 1 aliphatic carbocycles. The molecule has 0 heterocycles. The van der Waals surface area contributed by atoms with E-state index < -0.39 is 13.1 Å². The molecule has 0 radical (unpaired) electrons. The fraction of sp³-hybridized carbons (Fsp3) is 0.167. The van der Waals surface area contributed by atoms with E-state index in [0.29, 0.717) is 0 Å². The second-order valence-corrected chi connectivity index (χ2v) is 18.0. The molecular formula is C48H45Cl3SiTi. The van der Waals surface area contributed by atoms with Gasteiger partial charge in [0.2, 0.25) is 0 Å². The van der Waals surface area contributed by atoms with Gasteiger partial charge in [0.25, 0.3) is 0 Å². The largest absolute Gasteiger partial charge is 4.00 e. The monoisotopic (exact) mass is 802 g/mol. The average molecular weight is 804 g/mol. The van der Waals surface area contributed by atoms with Crippen LogP contribution in [0.15, 0.2) is 162 Å². The summed E-state index contributed by atoms with van der Waals surface area (Å²) in [7, 11) is -3.27. The van der Waals surface area contributed by atoms with Gasteiger partial charge in [-0.15, -0.1) is 6.92 Å². The topological polar surface area (TPSA) is 0 Å². The van der Waals surface area contributed by atoms with Crippen molar-refractivity contribution in [2.75, 3.05) is 0 Å². The van der Waals surface area contributed by atoms with Crippen molar-refractivity contribution in [1.82, 2.24) is 0 Å². The van der Waals surface area contributed by atoms with Crippen LogP contribution in [0.2, 0.25) is 5.04 Å². The maximum Gasteiger partial charge on any atom is 4.00 e. The summed E-state index contributed by atoms with van der Waals surface area (Å²) in [5, 5.41) is 3.99. The van der Waals surface area contributed by atoms with Crippen molar-refractivity contribution in [3.63, 3.8) is 0 Å². The van der Waals surface area contributed by atoms with E-state index in [9.17, 15) is 0 Å². The summed E-state index contributed by atoms with van der Waals surface area (Å²) in [6, 6.07) is 54.1. The van der Waals surface area contributed by atoms with Crippen molar-refractivity contribution in [3.8, 4) is 33.4 Å². The van der Waals surface area contributed by atoms with Crippen LogP contribution in [0.5, 0.6) is 0 Å². The summed E-state index contributed by atoms with van der Waals surface area (Å²) in [4.78, 5) is 0. The minimum Gasteiger partial charge on any atom is -1.00 e.